The standard InChI is InChI=1S/C16H21N3O/c1-20-11-12-3-2-8-19(10-12)16-5-4-15(17)14-9-18-7-6-13(14)16/h4-7,9,12H,2-3,8,10-11,17H2,1H3. The van der Waals surface area contributed by atoms with Gasteiger partial charge in [0, 0.05) is 54.7 Å². The first-order valence-corrected chi connectivity index (χ1v) is 7.15. The van der Waals surface area contributed by atoms with Crippen LogP contribution in [0.5, 0.6) is 0 Å². The van der Waals surface area contributed by atoms with Crippen molar-refractivity contribution >= 4 is 22.1 Å². The van der Waals surface area contributed by atoms with Gasteiger partial charge in [-0.15, -0.1) is 0 Å². The number of benzene rings is 1. The zero-order valence-corrected chi connectivity index (χ0v) is 11.9. The minimum atomic E-state index is 0.614. The van der Waals surface area contributed by atoms with Gasteiger partial charge in [-0.3, -0.25) is 4.98 Å². The van der Waals surface area contributed by atoms with Crippen molar-refractivity contribution in [3.8, 4) is 0 Å². The van der Waals surface area contributed by atoms with Crippen molar-refractivity contribution in [2.45, 2.75) is 12.8 Å². The SMILES string of the molecule is COCC1CCCN(c2ccc(N)c3cnccc23)C1. The molecule has 1 saturated heterocycles. The Labute approximate surface area is 119 Å². The summed E-state index contributed by atoms with van der Waals surface area (Å²) in [4.78, 5) is 6.64. The molecule has 0 saturated carbocycles. The van der Waals surface area contributed by atoms with E-state index in [1.54, 1.807) is 7.11 Å². The molecule has 1 aliphatic heterocycles. The van der Waals surface area contributed by atoms with Crippen LogP contribution in [0.15, 0.2) is 30.6 Å². The summed E-state index contributed by atoms with van der Waals surface area (Å²) < 4.78 is 5.32. The van der Waals surface area contributed by atoms with Crippen molar-refractivity contribution in [3.05, 3.63) is 30.6 Å². The van der Waals surface area contributed by atoms with Gasteiger partial charge in [0.25, 0.3) is 0 Å². The van der Waals surface area contributed by atoms with E-state index in [-0.39, 0.29) is 0 Å². The summed E-state index contributed by atoms with van der Waals surface area (Å²) in [7, 11) is 1.78. The number of fused-ring (bicyclic) bond motifs is 1. The number of methoxy groups -OCH3 is 1. The minimum Gasteiger partial charge on any atom is -0.398 e. The van der Waals surface area contributed by atoms with Gasteiger partial charge in [-0.05, 0) is 37.0 Å². The Morgan fingerprint density at radius 2 is 2.25 bits per heavy atom. The van der Waals surface area contributed by atoms with E-state index in [2.05, 4.69) is 22.0 Å². The second-order valence-corrected chi connectivity index (χ2v) is 5.50. The molecule has 1 atom stereocenters. The van der Waals surface area contributed by atoms with Crippen LogP contribution in [0.4, 0.5) is 11.4 Å². The molecule has 4 heteroatoms. The Hall–Kier alpha value is -1.81. The largest absolute Gasteiger partial charge is 0.398 e. The van der Waals surface area contributed by atoms with Crippen molar-refractivity contribution in [1.82, 2.24) is 4.98 Å². The van der Waals surface area contributed by atoms with E-state index in [1.165, 1.54) is 23.9 Å². The molecule has 1 aromatic heterocycles. The van der Waals surface area contributed by atoms with Gasteiger partial charge < -0.3 is 15.4 Å². The Morgan fingerprint density at radius 1 is 1.35 bits per heavy atom. The lowest BCUT2D eigenvalue weighted by Gasteiger charge is -2.35. The number of hydrogen-bond donors (Lipinski definition) is 1. The average Bonchev–Trinajstić information content (AvgIpc) is 2.49. The van der Waals surface area contributed by atoms with Gasteiger partial charge >= 0.3 is 0 Å². The number of piperidine rings is 1. The molecule has 0 radical (unpaired) electrons. The summed E-state index contributed by atoms with van der Waals surface area (Å²) >= 11 is 0. The maximum absolute atomic E-state index is 6.05. The van der Waals surface area contributed by atoms with Crippen LogP contribution in [0, 0.1) is 5.92 Å². The molecule has 0 amide bonds. The van der Waals surface area contributed by atoms with Crippen LogP contribution in [-0.4, -0.2) is 31.8 Å². The van der Waals surface area contributed by atoms with Crippen LogP contribution in [0.3, 0.4) is 0 Å². The van der Waals surface area contributed by atoms with Crippen LogP contribution < -0.4 is 10.6 Å². The molecule has 106 valence electrons. The van der Waals surface area contributed by atoms with Crippen molar-refractivity contribution in [3.63, 3.8) is 0 Å². The number of hydrogen-bond acceptors (Lipinski definition) is 4. The molecule has 1 aliphatic rings. The number of ether oxygens (including phenoxy) is 1. The molecule has 2 N–H and O–H groups in total. The molecular weight excluding hydrogens is 250 g/mol. The lowest BCUT2D eigenvalue weighted by molar-refractivity contribution is 0.143. The van der Waals surface area contributed by atoms with E-state index < -0.39 is 0 Å². The Bertz CT molecular complexity index is 597. The Balaban J connectivity index is 1.95. The molecule has 0 bridgehead atoms. The van der Waals surface area contributed by atoms with E-state index >= 15 is 0 Å². The summed E-state index contributed by atoms with van der Waals surface area (Å²) in [5, 5.41) is 2.23. The molecule has 1 unspecified atom stereocenters. The first-order chi connectivity index (χ1) is 9.79. The first kappa shape index (κ1) is 13.2. The fourth-order valence-electron chi connectivity index (χ4n) is 3.13. The first-order valence-electron chi connectivity index (χ1n) is 7.15. The number of nitrogens with two attached hydrogens (primary N) is 1. The van der Waals surface area contributed by atoms with Crippen molar-refractivity contribution < 1.29 is 4.74 Å². The molecule has 2 heterocycles. The monoisotopic (exact) mass is 271 g/mol. The van der Waals surface area contributed by atoms with Crippen molar-refractivity contribution in [1.29, 1.82) is 0 Å². The molecule has 1 fully saturated rings. The number of rotatable bonds is 3. The van der Waals surface area contributed by atoms with Gasteiger partial charge in [0.05, 0.1) is 6.61 Å². The number of nitrogen functional groups attached to an aromatic ring is 1. The summed E-state index contributed by atoms with van der Waals surface area (Å²) in [5.41, 5.74) is 8.11. The van der Waals surface area contributed by atoms with Crippen LogP contribution in [0.2, 0.25) is 0 Å². The zero-order chi connectivity index (χ0) is 13.9. The van der Waals surface area contributed by atoms with Gasteiger partial charge in [-0.2, -0.15) is 0 Å². The third-order valence-corrected chi connectivity index (χ3v) is 4.09. The lowest BCUT2D eigenvalue weighted by Crippen LogP contribution is -2.37. The number of anilines is 2. The zero-order valence-electron chi connectivity index (χ0n) is 11.9. The molecule has 4 nitrogen and oxygen atoms in total. The predicted molar refractivity (Wildman–Crippen MR) is 83.0 cm³/mol. The average molecular weight is 271 g/mol. The molecule has 1 aromatic carbocycles. The topological polar surface area (TPSA) is 51.4 Å². The maximum atomic E-state index is 6.05. The number of nitrogens with zero attached hydrogens (tertiary/aromatic N) is 2. The van der Waals surface area contributed by atoms with E-state index in [9.17, 15) is 0 Å². The number of pyridine rings is 1. The van der Waals surface area contributed by atoms with Gasteiger partial charge in [-0.1, -0.05) is 0 Å². The summed E-state index contributed by atoms with van der Waals surface area (Å²) in [6.07, 6.45) is 6.15. The summed E-state index contributed by atoms with van der Waals surface area (Å²) in [6, 6.07) is 6.17. The second-order valence-electron chi connectivity index (χ2n) is 5.50. The molecule has 20 heavy (non-hydrogen) atoms. The third kappa shape index (κ3) is 2.43. The smallest absolute Gasteiger partial charge is 0.0507 e. The second kappa shape index (κ2) is 5.67. The number of aromatic nitrogens is 1. The normalized spacial score (nSPS) is 19.4. The van der Waals surface area contributed by atoms with Crippen LogP contribution in [0.1, 0.15) is 12.8 Å². The van der Waals surface area contributed by atoms with Gasteiger partial charge in [0.2, 0.25) is 0 Å². The highest BCUT2D eigenvalue weighted by Gasteiger charge is 2.21. The molecule has 0 spiro atoms. The van der Waals surface area contributed by atoms with E-state index in [0.29, 0.717) is 5.92 Å². The summed E-state index contributed by atoms with van der Waals surface area (Å²) in [5.74, 6) is 0.614. The predicted octanol–water partition coefficient (Wildman–Crippen LogP) is 2.68. The Kier molecular flexibility index (Phi) is 3.74. The van der Waals surface area contributed by atoms with E-state index in [4.69, 9.17) is 10.5 Å². The van der Waals surface area contributed by atoms with Crippen LogP contribution >= 0.6 is 0 Å². The van der Waals surface area contributed by atoms with Crippen LogP contribution in [-0.2, 0) is 4.74 Å². The molecular formula is C16H21N3O. The molecule has 3 rings (SSSR count). The van der Waals surface area contributed by atoms with Crippen molar-refractivity contribution in [2.75, 3.05) is 37.4 Å². The quantitative estimate of drug-likeness (QED) is 0.872. The molecule has 0 aliphatic carbocycles. The minimum absolute atomic E-state index is 0.614. The maximum Gasteiger partial charge on any atom is 0.0507 e. The highest BCUT2D eigenvalue weighted by molar-refractivity contribution is 6.00. The van der Waals surface area contributed by atoms with E-state index in [0.717, 1.165) is 30.8 Å². The highest BCUT2D eigenvalue weighted by Crippen LogP contribution is 2.32. The van der Waals surface area contributed by atoms with E-state index in [1.807, 2.05) is 18.5 Å². The third-order valence-electron chi connectivity index (χ3n) is 4.09. The lowest BCUT2D eigenvalue weighted by atomic mass is 9.97. The van der Waals surface area contributed by atoms with Gasteiger partial charge in [0.1, 0.15) is 0 Å². The fourth-order valence-corrected chi connectivity index (χ4v) is 3.13. The fraction of sp³-hybridized carbons (Fsp3) is 0.438. The highest BCUT2D eigenvalue weighted by atomic mass is 16.5. The summed E-state index contributed by atoms with van der Waals surface area (Å²) in [6.45, 7) is 2.99. The van der Waals surface area contributed by atoms with Crippen molar-refractivity contribution in [2.24, 2.45) is 5.92 Å². The van der Waals surface area contributed by atoms with Gasteiger partial charge in [0.15, 0.2) is 0 Å². The van der Waals surface area contributed by atoms with Crippen LogP contribution in [0.25, 0.3) is 10.8 Å². The Morgan fingerprint density at radius 3 is 3.10 bits per heavy atom. The molecule has 2 aromatic rings. The van der Waals surface area contributed by atoms with Gasteiger partial charge in [-0.25, -0.2) is 0 Å².